The van der Waals surface area contributed by atoms with Crippen LogP contribution in [0.3, 0.4) is 0 Å². The molecule has 0 unspecified atom stereocenters. The van der Waals surface area contributed by atoms with Crippen molar-refractivity contribution in [1.82, 2.24) is 4.98 Å². The first kappa shape index (κ1) is 11.3. The summed E-state index contributed by atoms with van der Waals surface area (Å²) in [5.41, 5.74) is 2.28. The molecule has 1 aliphatic carbocycles. The van der Waals surface area contributed by atoms with Gasteiger partial charge in [0.15, 0.2) is 5.43 Å². The fourth-order valence-electron chi connectivity index (χ4n) is 2.71. The van der Waals surface area contributed by atoms with Gasteiger partial charge in [0.25, 0.3) is 0 Å². The first-order valence-corrected chi connectivity index (χ1v) is 7.15. The lowest BCUT2D eigenvalue weighted by atomic mass is 10.0. The minimum atomic E-state index is 0.152. The van der Waals surface area contributed by atoms with E-state index in [4.69, 9.17) is 0 Å². The maximum absolute atomic E-state index is 12.1. The second-order valence-electron chi connectivity index (χ2n) is 4.73. The monoisotopic (exact) mass is 339 g/mol. The fraction of sp³-hybridized carbons (Fsp3) is 0.357. The molecule has 17 heavy (non-hydrogen) atoms. The molecule has 2 nitrogen and oxygen atoms in total. The van der Waals surface area contributed by atoms with E-state index in [1.807, 2.05) is 18.2 Å². The number of aromatic amines is 1. The van der Waals surface area contributed by atoms with E-state index in [-0.39, 0.29) is 5.43 Å². The van der Waals surface area contributed by atoms with E-state index in [1.54, 1.807) is 6.07 Å². The average molecular weight is 339 g/mol. The number of pyridine rings is 1. The second kappa shape index (κ2) is 4.44. The number of benzene rings is 1. The summed E-state index contributed by atoms with van der Waals surface area (Å²) in [5.74, 6) is 0.558. The van der Waals surface area contributed by atoms with Crippen molar-refractivity contribution in [1.29, 1.82) is 0 Å². The van der Waals surface area contributed by atoms with Crippen LogP contribution in [0.5, 0.6) is 0 Å². The second-order valence-corrected chi connectivity index (χ2v) is 5.89. The molecule has 1 aromatic carbocycles. The standard InChI is InChI=1S/C14H14INO/c15-11-7-3-6-10-13(17)8-12(16-14(10)11)9-4-1-2-5-9/h3,6-9H,1-2,4-5H2,(H,16,17). The summed E-state index contributed by atoms with van der Waals surface area (Å²) >= 11 is 2.28. The van der Waals surface area contributed by atoms with Gasteiger partial charge in [-0.05, 0) is 53.5 Å². The number of H-pyrrole nitrogens is 1. The fourth-order valence-corrected chi connectivity index (χ4v) is 3.35. The van der Waals surface area contributed by atoms with Crippen LogP contribution in [0.15, 0.2) is 29.1 Å². The average Bonchev–Trinajstić information content (AvgIpc) is 2.84. The highest BCUT2D eigenvalue weighted by molar-refractivity contribution is 14.1. The first-order valence-electron chi connectivity index (χ1n) is 6.07. The summed E-state index contributed by atoms with van der Waals surface area (Å²) in [6, 6.07) is 7.68. The Kier molecular flexibility index (Phi) is 2.94. The summed E-state index contributed by atoms with van der Waals surface area (Å²) in [6.45, 7) is 0. The molecule has 2 aromatic rings. The molecular weight excluding hydrogens is 325 g/mol. The molecule has 0 aliphatic heterocycles. The number of fused-ring (bicyclic) bond motifs is 1. The zero-order valence-electron chi connectivity index (χ0n) is 9.50. The van der Waals surface area contributed by atoms with Gasteiger partial charge in [0, 0.05) is 20.7 Å². The Hall–Kier alpha value is -0.840. The van der Waals surface area contributed by atoms with E-state index < -0.39 is 0 Å². The smallest absolute Gasteiger partial charge is 0.189 e. The van der Waals surface area contributed by atoms with Gasteiger partial charge in [-0.1, -0.05) is 18.9 Å². The van der Waals surface area contributed by atoms with Crippen molar-refractivity contribution in [3.63, 3.8) is 0 Å². The van der Waals surface area contributed by atoms with Gasteiger partial charge in [-0.3, -0.25) is 4.79 Å². The van der Waals surface area contributed by atoms with Crippen molar-refractivity contribution in [3.8, 4) is 0 Å². The SMILES string of the molecule is O=c1cc(C2CCCC2)[nH]c2c(I)cccc12. The van der Waals surface area contributed by atoms with Gasteiger partial charge >= 0.3 is 0 Å². The maximum Gasteiger partial charge on any atom is 0.189 e. The van der Waals surface area contributed by atoms with Crippen molar-refractivity contribution >= 4 is 33.5 Å². The summed E-state index contributed by atoms with van der Waals surface area (Å²) in [4.78, 5) is 15.6. The van der Waals surface area contributed by atoms with Crippen molar-refractivity contribution in [2.45, 2.75) is 31.6 Å². The lowest BCUT2D eigenvalue weighted by Gasteiger charge is -2.11. The maximum atomic E-state index is 12.1. The molecule has 0 radical (unpaired) electrons. The van der Waals surface area contributed by atoms with E-state index in [2.05, 4.69) is 27.6 Å². The van der Waals surface area contributed by atoms with E-state index in [1.165, 1.54) is 25.7 Å². The lowest BCUT2D eigenvalue weighted by Crippen LogP contribution is -2.08. The third kappa shape index (κ3) is 2.01. The van der Waals surface area contributed by atoms with Gasteiger partial charge in [-0.25, -0.2) is 0 Å². The quantitative estimate of drug-likeness (QED) is 0.788. The zero-order chi connectivity index (χ0) is 11.8. The Morgan fingerprint density at radius 2 is 2.00 bits per heavy atom. The van der Waals surface area contributed by atoms with E-state index in [0.29, 0.717) is 5.92 Å². The third-order valence-corrected chi connectivity index (χ3v) is 4.53. The molecule has 3 heteroatoms. The topological polar surface area (TPSA) is 32.9 Å². The Balaban J connectivity index is 2.22. The molecule has 1 aromatic heterocycles. The predicted molar refractivity (Wildman–Crippen MR) is 78.5 cm³/mol. The number of nitrogens with one attached hydrogen (secondary N) is 1. The van der Waals surface area contributed by atoms with Crippen LogP contribution in [0.1, 0.15) is 37.3 Å². The summed E-state index contributed by atoms with van der Waals surface area (Å²) in [5, 5.41) is 0.804. The molecule has 1 fully saturated rings. The molecule has 1 saturated carbocycles. The van der Waals surface area contributed by atoms with E-state index in [0.717, 1.165) is 20.2 Å². The Morgan fingerprint density at radius 3 is 2.76 bits per heavy atom. The van der Waals surface area contributed by atoms with Crippen molar-refractivity contribution < 1.29 is 0 Å². The van der Waals surface area contributed by atoms with Gasteiger partial charge < -0.3 is 4.98 Å². The van der Waals surface area contributed by atoms with Gasteiger partial charge in [0.1, 0.15) is 0 Å². The highest BCUT2D eigenvalue weighted by Gasteiger charge is 2.18. The van der Waals surface area contributed by atoms with Crippen molar-refractivity contribution in [3.05, 3.63) is 43.8 Å². The number of hydrogen-bond acceptors (Lipinski definition) is 1. The molecule has 0 amide bonds. The molecule has 0 saturated heterocycles. The van der Waals surface area contributed by atoms with E-state index in [9.17, 15) is 4.79 Å². The molecular formula is C14H14INO. The molecule has 1 heterocycles. The van der Waals surface area contributed by atoms with Crippen LogP contribution >= 0.6 is 22.6 Å². The summed E-state index contributed by atoms with van der Waals surface area (Å²) < 4.78 is 1.12. The van der Waals surface area contributed by atoms with Crippen LogP contribution in [0, 0.1) is 3.57 Å². The lowest BCUT2D eigenvalue weighted by molar-refractivity contribution is 0.700. The van der Waals surface area contributed by atoms with Gasteiger partial charge in [-0.15, -0.1) is 0 Å². The largest absolute Gasteiger partial charge is 0.357 e. The van der Waals surface area contributed by atoms with Gasteiger partial charge in [0.2, 0.25) is 0 Å². The van der Waals surface area contributed by atoms with Crippen LogP contribution in [-0.4, -0.2) is 4.98 Å². The van der Waals surface area contributed by atoms with Crippen LogP contribution in [0.4, 0.5) is 0 Å². The van der Waals surface area contributed by atoms with Gasteiger partial charge in [-0.2, -0.15) is 0 Å². The number of halogens is 1. The Labute approximate surface area is 114 Å². The minimum Gasteiger partial charge on any atom is -0.357 e. The number of para-hydroxylation sites is 1. The molecule has 1 N–H and O–H groups in total. The minimum absolute atomic E-state index is 0.152. The van der Waals surface area contributed by atoms with Crippen molar-refractivity contribution in [2.75, 3.05) is 0 Å². The Morgan fingerprint density at radius 1 is 1.24 bits per heavy atom. The van der Waals surface area contributed by atoms with Gasteiger partial charge in [0.05, 0.1) is 5.52 Å². The number of rotatable bonds is 1. The molecule has 88 valence electrons. The highest BCUT2D eigenvalue weighted by Crippen LogP contribution is 2.33. The van der Waals surface area contributed by atoms with Crippen LogP contribution in [0.25, 0.3) is 10.9 Å². The Bertz CT molecular complexity index is 611. The summed E-state index contributed by atoms with van der Waals surface area (Å²) in [6.07, 6.45) is 5.00. The van der Waals surface area contributed by atoms with Crippen molar-refractivity contribution in [2.24, 2.45) is 0 Å². The summed E-state index contributed by atoms with van der Waals surface area (Å²) in [7, 11) is 0. The molecule has 0 bridgehead atoms. The molecule has 0 atom stereocenters. The number of aromatic nitrogens is 1. The van der Waals surface area contributed by atoms with Crippen LogP contribution < -0.4 is 5.43 Å². The number of hydrogen-bond donors (Lipinski definition) is 1. The van der Waals surface area contributed by atoms with E-state index >= 15 is 0 Å². The normalized spacial score (nSPS) is 16.8. The van der Waals surface area contributed by atoms with Crippen LogP contribution in [0.2, 0.25) is 0 Å². The van der Waals surface area contributed by atoms with Crippen LogP contribution in [-0.2, 0) is 0 Å². The highest BCUT2D eigenvalue weighted by atomic mass is 127. The third-order valence-electron chi connectivity index (χ3n) is 3.63. The first-order chi connectivity index (χ1) is 8.25. The molecule has 0 spiro atoms. The molecule has 1 aliphatic rings. The zero-order valence-corrected chi connectivity index (χ0v) is 11.7. The molecule has 3 rings (SSSR count). The predicted octanol–water partition coefficient (Wildman–Crippen LogP) is 3.79.